The first kappa shape index (κ1) is 13.1. The number of imide groups is 1. The number of hydrogen-bond donors (Lipinski definition) is 1. The molecule has 0 atom stereocenters. The Bertz CT molecular complexity index is 774. The highest BCUT2D eigenvalue weighted by Gasteiger charge is 2.38. The van der Waals surface area contributed by atoms with Crippen molar-refractivity contribution in [3.05, 3.63) is 53.3 Å². The molecule has 1 aliphatic rings. The Morgan fingerprint density at radius 3 is 2.48 bits per heavy atom. The molecule has 2 aromatic rings. The number of rotatable bonds is 2. The molecule has 0 radical (unpaired) electrons. The van der Waals surface area contributed by atoms with Gasteiger partial charge in [-0.2, -0.15) is 0 Å². The lowest BCUT2D eigenvalue weighted by Gasteiger charge is -2.17. The molecule has 106 valence electrons. The minimum absolute atomic E-state index is 0.109. The summed E-state index contributed by atoms with van der Waals surface area (Å²) in [6.45, 7) is 0. The average molecular weight is 286 g/mol. The van der Waals surface area contributed by atoms with E-state index in [4.69, 9.17) is 10.5 Å². The Balaban J connectivity index is 2.14. The number of fused-ring (bicyclic) bond motifs is 1. The van der Waals surface area contributed by atoms with E-state index >= 15 is 0 Å². The Labute approximate surface area is 119 Å². The highest BCUT2D eigenvalue weighted by atomic mass is 19.1. The maximum atomic E-state index is 13.2. The van der Waals surface area contributed by atoms with E-state index in [1.54, 1.807) is 6.07 Å². The van der Waals surface area contributed by atoms with E-state index in [2.05, 4.69) is 0 Å². The number of nitrogens with zero attached hydrogens (tertiary/aromatic N) is 1. The van der Waals surface area contributed by atoms with Gasteiger partial charge in [-0.25, -0.2) is 9.29 Å². The summed E-state index contributed by atoms with van der Waals surface area (Å²) in [6.07, 6.45) is 0. The molecule has 0 saturated carbocycles. The van der Waals surface area contributed by atoms with Crippen LogP contribution in [0.4, 0.5) is 15.8 Å². The van der Waals surface area contributed by atoms with Crippen molar-refractivity contribution in [3.8, 4) is 5.75 Å². The smallest absolute Gasteiger partial charge is 0.266 e. The van der Waals surface area contributed by atoms with Crippen molar-refractivity contribution in [2.75, 3.05) is 17.7 Å². The van der Waals surface area contributed by atoms with Crippen molar-refractivity contribution < 1.29 is 18.7 Å². The van der Waals surface area contributed by atoms with Crippen molar-refractivity contribution in [2.45, 2.75) is 0 Å². The van der Waals surface area contributed by atoms with Crippen LogP contribution >= 0.6 is 0 Å². The molecule has 2 N–H and O–H groups in total. The number of carbonyl (C=O) groups is 2. The lowest BCUT2D eigenvalue weighted by atomic mass is 10.1. The molecule has 3 rings (SSSR count). The van der Waals surface area contributed by atoms with Gasteiger partial charge in [-0.15, -0.1) is 0 Å². The molecule has 21 heavy (non-hydrogen) atoms. The molecule has 0 fully saturated rings. The van der Waals surface area contributed by atoms with Gasteiger partial charge in [0.25, 0.3) is 11.8 Å². The molecule has 2 aromatic carbocycles. The van der Waals surface area contributed by atoms with Crippen molar-refractivity contribution in [1.82, 2.24) is 0 Å². The zero-order valence-electron chi connectivity index (χ0n) is 11.1. The van der Waals surface area contributed by atoms with Gasteiger partial charge in [-0.1, -0.05) is 0 Å². The molecule has 1 aliphatic heterocycles. The molecule has 0 bridgehead atoms. The van der Waals surface area contributed by atoms with Gasteiger partial charge >= 0.3 is 0 Å². The molecule has 6 heteroatoms. The number of methoxy groups -OCH3 is 1. The van der Waals surface area contributed by atoms with Crippen molar-refractivity contribution in [2.24, 2.45) is 0 Å². The van der Waals surface area contributed by atoms with Gasteiger partial charge < -0.3 is 10.5 Å². The molecular weight excluding hydrogens is 275 g/mol. The minimum Gasteiger partial charge on any atom is -0.494 e. The summed E-state index contributed by atoms with van der Waals surface area (Å²) in [5.74, 6) is -1.40. The Morgan fingerprint density at radius 1 is 1.05 bits per heavy atom. The van der Waals surface area contributed by atoms with Gasteiger partial charge in [-0.3, -0.25) is 9.59 Å². The second kappa shape index (κ2) is 4.59. The largest absolute Gasteiger partial charge is 0.494 e. The van der Waals surface area contributed by atoms with Crippen LogP contribution < -0.4 is 15.4 Å². The van der Waals surface area contributed by atoms with Crippen LogP contribution in [-0.4, -0.2) is 18.9 Å². The van der Waals surface area contributed by atoms with E-state index < -0.39 is 17.6 Å². The van der Waals surface area contributed by atoms with Gasteiger partial charge in [0.15, 0.2) is 0 Å². The van der Waals surface area contributed by atoms with E-state index in [0.29, 0.717) is 5.69 Å². The monoisotopic (exact) mass is 286 g/mol. The van der Waals surface area contributed by atoms with Gasteiger partial charge in [0.05, 0.1) is 23.9 Å². The van der Waals surface area contributed by atoms with Gasteiger partial charge in [0.1, 0.15) is 11.6 Å². The summed E-state index contributed by atoms with van der Waals surface area (Å²) in [7, 11) is 1.34. The average Bonchev–Trinajstić information content (AvgIpc) is 2.71. The molecule has 0 saturated heterocycles. The number of halogens is 1. The number of nitrogen functional groups attached to an aromatic ring is 1. The standard InChI is InChI=1S/C15H11FN2O3/c1-21-13-6-8(16)2-5-12(13)18-14(19)10-4-3-9(17)7-11(10)15(18)20/h2-7H,17H2,1H3. The normalized spacial score (nSPS) is 13.5. The van der Waals surface area contributed by atoms with Crippen LogP contribution in [0, 0.1) is 5.82 Å². The summed E-state index contributed by atoms with van der Waals surface area (Å²) >= 11 is 0. The van der Waals surface area contributed by atoms with Crippen LogP contribution in [0.2, 0.25) is 0 Å². The van der Waals surface area contributed by atoms with E-state index in [-0.39, 0.29) is 22.6 Å². The Hall–Kier alpha value is -2.89. The fourth-order valence-electron chi connectivity index (χ4n) is 2.31. The van der Waals surface area contributed by atoms with E-state index in [0.717, 1.165) is 17.0 Å². The summed E-state index contributed by atoms with van der Waals surface area (Å²) < 4.78 is 18.3. The third-order valence-electron chi connectivity index (χ3n) is 3.29. The van der Waals surface area contributed by atoms with Crippen LogP contribution in [0.3, 0.4) is 0 Å². The molecule has 0 unspecified atom stereocenters. The molecular formula is C15H11FN2O3. The lowest BCUT2D eigenvalue weighted by Crippen LogP contribution is -2.29. The quantitative estimate of drug-likeness (QED) is 0.678. The van der Waals surface area contributed by atoms with Crippen molar-refractivity contribution >= 4 is 23.2 Å². The first-order valence-electron chi connectivity index (χ1n) is 6.15. The third kappa shape index (κ3) is 1.92. The number of carbonyl (C=O) groups excluding carboxylic acids is 2. The SMILES string of the molecule is COc1cc(F)ccc1N1C(=O)c2ccc(N)cc2C1=O. The van der Waals surface area contributed by atoms with Crippen LogP contribution in [0.1, 0.15) is 20.7 Å². The molecule has 0 aromatic heterocycles. The molecule has 5 nitrogen and oxygen atoms in total. The van der Waals surface area contributed by atoms with Crippen LogP contribution in [-0.2, 0) is 0 Å². The molecule has 0 aliphatic carbocycles. The Morgan fingerprint density at radius 2 is 1.76 bits per heavy atom. The van der Waals surface area contributed by atoms with Gasteiger partial charge in [0, 0.05) is 11.8 Å². The predicted molar refractivity (Wildman–Crippen MR) is 74.9 cm³/mol. The fraction of sp³-hybridized carbons (Fsp3) is 0.0667. The minimum atomic E-state index is -0.517. The summed E-state index contributed by atoms with van der Waals surface area (Å²) in [4.78, 5) is 25.8. The topological polar surface area (TPSA) is 72.6 Å². The van der Waals surface area contributed by atoms with Crippen LogP contribution in [0.25, 0.3) is 0 Å². The van der Waals surface area contributed by atoms with Crippen LogP contribution in [0.15, 0.2) is 36.4 Å². The first-order valence-corrected chi connectivity index (χ1v) is 6.15. The second-order valence-electron chi connectivity index (χ2n) is 4.57. The van der Waals surface area contributed by atoms with E-state index in [9.17, 15) is 14.0 Å². The Kier molecular flexibility index (Phi) is 2.86. The maximum Gasteiger partial charge on any atom is 0.266 e. The number of ether oxygens (including phenoxy) is 1. The number of nitrogens with two attached hydrogens (primary N) is 1. The zero-order chi connectivity index (χ0) is 15.1. The lowest BCUT2D eigenvalue weighted by molar-refractivity contribution is 0.0925. The predicted octanol–water partition coefficient (Wildman–Crippen LogP) is 2.22. The van der Waals surface area contributed by atoms with E-state index in [1.165, 1.54) is 25.3 Å². The molecule has 0 spiro atoms. The first-order chi connectivity index (χ1) is 10.0. The van der Waals surface area contributed by atoms with Gasteiger partial charge in [0.2, 0.25) is 0 Å². The highest BCUT2D eigenvalue weighted by Crippen LogP contribution is 2.35. The molecule has 2 amide bonds. The zero-order valence-corrected chi connectivity index (χ0v) is 11.1. The number of anilines is 2. The number of benzene rings is 2. The fourth-order valence-corrected chi connectivity index (χ4v) is 2.31. The number of amides is 2. The van der Waals surface area contributed by atoms with Crippen molar-refractivity contribution in [3.63, 3.8) is 0 Å². The highest BCUT2D eigenvalue weighted by molar-refractivity contribution is 6.35. The third-order valence-corrected chi connectivity index (χ3v) is 3.29. The summed E-state index contributed by atoms with van der Waals surface area (Å²) in [6, 6.07) is 8.12. The van der Waals surface area contributed by atoms with Crippen molar-refractivity contribution in [1.29, 1.82) is 0 Å². The molecule has 1 heterocycles. The van der Waals surface area contributed by atoms with Crippen LogP contribution in [0.5, 0.6) is 5.75 Å². The van der Waals surface area contributed by atoms with Gasteiger partial charge in [-0.05, 0) is 30.3 Å². The second-order valence-corrected chi connectivity index (χ2v) is 4.57. The van der Waals surface area contributed by atoms with E-state index in [1.807, 2.05) is 0 Å². The summed E-state index contributed by atoms with van der Waals surface area (Å²) in [5.41, 5.74) is 6.72. The summed E-state index contributed by atoms with van der Waals surface area (Å²) in [5, 5.41) is 0. The number of hydrogen-bond acceptors (Lipinski definition) is 4. The maximum absolute atomic E-state index is 13.2.